The van der Waals surface area contributed by atoms with Gasteiger partial charge in [-0.15, -0.1) is 0 Å². The average molecular weight is 344 g/mol. The molecule has 2 aliphatic carbocycles. The number of allylic oxidation sites excluding steroid dienone is 2. The van der Waals surface area contributed by atoms with E-state index in [1.54, 1.807) is 5.57 Å². The molecule has 0 aliphatic heterocycles. The SMILES string of the molecule is O=C1CCC2=C(CCCCC2)C1(Cc1ccccc1)Cc1ccccc1. The maximum absolute atomic E-state index is 13.5. The van der Waals surface area contributed by atoms with Crippen LogP contribution < -0.4 is 0 Å². The Balaban J connectivity index is 1.81. The summed E-state index contributed by atoms with van der Waals surface area (Å²) >= 11 is 0. The first-order valence-corrected chi connectivity index (χ1v) is 10.1. The van der Waals surface area contributed by atoms with E-state index in [1.807, 2.05) is 0 Å². The molecule has 2 aliphatic rings. The van der Waals surface area contributed by atoms with Crippen molar-refractivity contribution in [3.05, 3.63) is 82.9 Å². The number of carbonyl (C=O) groups excluding carboxylic acids is 1. The Morgan fingerprint density at radius 2 is 1.23 bits per heavy atom. The van der Waals surface area contributed by atoms with Crippen molar-refractivity contribution in [1.82, 2.24) is 0 Å². The summed E-state index contributed by atoms with van der Waals surface area (Å²) in [4.78, 5) is 13.5. The summed E-state index contributed by atoms with van der Waals surface area (Å²) in [5.74, 6) is 0.464. The summed E-state index contributed by atoms with van der Waals surface area (Å²) in [6.45, 7) is 0. The lowest BCUT2D eigenvalue weighted by molar-refractivity contribution is -0.127. The molecule has 0 saturated carbocycles. The molecule has 1 heteroatoms. The van der Waals surface area contributed by atoms with Gasteiger partial charge in [0.25, 0.3) is 0 Å². The molecule has 0 N–H and O–H groups in total. The van der Waals surface area contributed by atoms with Crippen LogP contribution in [0.1, 0.15) is 56.1 Å². The van der Waals surface area contributed by atoms with E-state index in [1.165, 1.54) is 42.4 Å². The Bertz CT molecular complexity index is 744. The van der Waals surface area contributed by atoms with Crippen molar-refractivity contribution < 1.29 is 4.79 Å². The van der Waals surface area contributed by atoms with Gasteiger partial charge in [-0.3, -0.25) is 4.79 Å². The van der Waals surface area contributed by atoms with Crippen LogP contribution in [0, 0.1) is 5.41 Å². The Morgan fingerprint density at radius 1 is 0.654 bits per heavy atom. The summed E-state index contributed by atoms with van der Waals surface area (Å²) in [5.41, 5.74) is 5.35. The summed E-state index contributed by atoms with van der Waals surface area (Å²) in [5, 5.41) is 0. The van der Waals surface area contributed by atoms with Gasteiger partial charge >= 0.3 is 0 Å². The van der Waals surface area contributed by atoms with E-state index in [2.05, 4.69) is 60.7 Å². The molecule has 2 aromatic rings. The van der Waals surface area contributed by atoms with Gasteiger partial charge in [0, 0.05) is 6.42 Å². The van der Waals surface area contributed by atoms with E-state index in [0.29, 0.717) is 5.78 Å². The molecule has 4 rings (SSSR count). The molecule has 134 valence electrons. The third-order valence-electron chi connectivity index (χ3n) is 6.29. The van der Waals surface area contributed by atoms with E-state index in [9.17, 15) is 4.79 Å². The fraction of sp³-hybridized carbons (Fsp3) is 0.400. The Labute approximate surface area is 157 Å². The van der Waals surface area contributed by atoms with Crippen LogP contribution in [0.15, 0.2) is 71.8 Å². The lowest BCUT2D eigenvalue weighted by atomic mass is 9.62. The predicted molar refractivity (Wildman–Crippen MR) is 107 cm³/mol. The molecular weight excluding hydrogens is 316 g/mol. The first-order chi connectivity index (χ1) is 12.8. The molecule has 0 aromatic heterocycles. The van der Waals surface area contributed by atoms with Gasteiger partial charge in [-0.25, -0.2) is 0 Å². The van der Waals surface area contributed by atoms with Gasteiger partial charge in [0.2, 0.25) is 0 Å². The fourth-order valence-corrected chi connectivity index (χ4v) is 5.03. The second-order valence-electron chi connectivity index (χ2n) is 7.97. The third kappa shape index (κ3) is 3.40. The minimum atomic E-state index is -0.333. The van der Waals surface area contributed by atoms with Crippen molar-refractivity contribution in [3.8, 4) is 0 Å². The third-order valence-corrected chi connectivity index (χ3v) is 6.29. The van der Waals surface area contributed by atoms with E-state index in [0.717, 1.165) is 32.1 Å². The van der Waals surface area contributed by atoms with Crippen molar-refractivity contribution in [2.75, 3.05) is 0 Å². The number of Topliss-reactive ketones (excluding diaryl/α,β-unsaturated/α-hetero) is 1. The van der Waals surface area contributed by atoms with Gasteiger partial charge in [-0.2, -0.15) is 0 Å². The van der Waals surface area contributed by atoms with Crippen LogP contribution >= 0.6 is 0 Å². The first kappa shape index (κ1) is 17.3. The predicted octanol–water partition coefficient (Wildman–Crippen LogP) is 6.08. The van der Waals surface area contributed by atoms with E-state index >= 15 is 0 Å². The molecular formula is C25H28O. The van der Waals surface area contributed by atoms with Crippen molar-refractivity contribution in [1.29, 1.82) is 0 Å². The van der Waals surface area contributed by atoms with Crippen molar-refractivity contribution in [2.45, 2.75) is 57.8 Å². The molecule has 0 amide bonds. The molecule has 0 radical (unpaired) electrons. The van der Waals surface area contributed by atoms with Crippen LogP contribution in [-0.2, 0) is 17.6 Å². The van der Waals surface area contributed by atoms with Crippen LogP contribution in [0.3, 0.4) is 0 Å². The summed E-state index contributed by atoms with van der Waals surface area (Å²) < 4.78 is 0. The monoisotopic (exact) mass is 344 g/mol. The lowest BCUT2D eigenvalue weighted by Crippen LogP contribution is -2.41. The van der Waals surface area contributed by atoms with Gasteiger partial charge < -0.3 is 0 Å². The van der Waals surface area contributed by atoms with E-state index < -0.39 is 0 Å². The van der Waals surface area contributed by atoms with Crippen LogP contribution in [0.5, 0.6) is 0 Å². The van der Waals surface area contributed by atoms with Crippen LogP contribution in [0.4, 0.5) is 0 Å². The first-order valence-electron chi connectivity index (χ1n) is 10.1. The Hall–Kier alpha value is -2.15. The highest BCUT2D eigenvalue weighted by atomic mass is 16.1. The number of hydrogen-bond donors (Lipinski definition) is 0. The summed E-state index contributed by atoms with van der Waals surface area (Å²) in [6, 6.07) is 21.3. The average Bonchev–Trinajstić information content (AvgIpc) is 2.93. The summed E-state index contributed by atoms with van der Waals surface area (Å²) in [7, 11) is 0. The zero-order valence-corrected chi connectivity index (χ0v) is 15.5. The van der Waals surface area contributed by atoms with Crippen LogP contribution in [-0.4, -0.2) is 5.78 Å². The minimum Gasteiger partial charge on any atom is -0.299 e. The molecule has 0 heterocycles. The number of hydrogen-bond acceptors (Lipinski definition) is 1. The molecule has 0 spiro atoms. The smallest absolute Gasteiger partial charge is 0.144 e. The normalized spacial score (nSPS) is 19.8. The fourth-order valence-electron chi connectivity index (χ4n) is 5.03. The second-order valence-corrected chi connectivity index (χ2v) is 7.97. The highest BCUT2D eigenvalue weighted by Gasteiger charge is 2.45. The molecule has 26 heavy (non-hydrogen) atoms. The van der Waals surface area contributed by atoms with Gasteiger partial charge in [-0.1, -0.05) is 78.2 Å². The number of benzene rings is 2. The van der Waals surface area contributed by atoms with E-state index in [-0.39, 0.29) is 5.41 Å². The zero-order valence-electron chi connectivity index (χ0n) is 15.5. The van der Waals surface area contributed by atoms with Crippen LogP contribution in [0.2, 0.25) is 0 Å². The minimum absolute atomic E-state index is 0.333. The Morgan fingerprint density at radius 3 is 1.85 bits per heavy atom. The standard InChI is InChI=1S/C25H28O/c26-24-17-16-22-14-8-3-9-15-23(22)25(24,18-20-10-4-1-5-11-20)19-21-12-6-2-7-13-21/h1-2,4-7,10-13H,3,8-9,14-19H2. The number of ketones is 1. The van der Waals surface area contributed by atoms with Gasteiger partial charge in [-0.05, 0) is 56.1 Å². The zero-order chi connectivity index (χ0) is 17.8. The van der Waals surface area contributed by atoms with Gasteiger partial charge in [0.15, 0.2) is 0 Å². The number of rotatable bonds is 4. The lowest BCUT2D eigenvalue weighted by Gasteiger charge is -2.40. The highest BCUT2D eigenvalue weighted by Crippen LogP contribution is 2.48. The Kier molecular flexibility index (Phi) is 5.06. The van der Waals surface area contributed by atoms with E-state index in [4.69, 9.17) is 0 Å². The molecule has 0 saturated heterocycles. The van der Waals surface area contributed by atoms with Gasteiger partial charge in [0.1, 0.15) is 5.78 Å². The molecule has 0 fully saturated rings. The maximum Gasteiger partial charge on any atom is 0.144 e. The van der Waals surface area contributed by atoms with Crippen molar-refractivity contribution >= 4 is 5.78 Å². The molecule has 2 aromatic carbocycles. The maximum atomic E-state index is 13.5. The summed E-state index contributed by atoms with van der Waals surface area (Å²) in [6.07, 6.45) is 9.55. The highest BCUT2D eigenvalue weighted by molar-refractivity contribution is 5.90. The number of carbonyl (C=O) groups is 1. The molecule has 1 nitrogen and oxygen atoms in total. The quantitative estimate of drug-likeness (QED) is 0.614. The largest absolute Gasteiger partial charge is 0.299 e. The van der Waals surface area contributed by atoms with Gasteiger partial charge in [0.05, 0.1) is 5.41 Å². The van der Waals surface area contributed by atoms with Crippen molar-refractivity contribution in [3.63, 3.8) is 0 Å². The molecule has 0 unspecified atom stereocenters. The second kappa shape index (κ2) is 7.61. The van der Waals surface area contributed by atoms with Crippen LogP contribution in [0.25, 0.3) is 0 Å². The van der Waals surface area contributed by atoms with Crippen molar-refractivity contribution in [2.24, 2.45) is 5.41 Å². The molecule has 0 bridgehead atoms. The molecule has 0 atom stereocenters. The topological polar surface area (TPSA) is 17.1 Å².